The van der Waals surface area contributed by atoms with Crippen molar-refractivity contribution >= 4 is 59.3 Å². The van der Waals surface area contributed by atoms with E-state index in [2.05, 4.69) is 27.0 Å². The van der Waals surface area contributed by atoms with Crippen molar-refractivity contribution in [1.29, 1.82) is 5.26 Å². The first-order chi connectivity index (χ1) is 15.4. The number of hydrogen-bond donors (Lipinski definition) is 0. The maximum Gasteiger partial charge on any atom is 0.339 e. The zero-order chi connectivity index (χ0) is 22.7. The molecule has 0 aliphatic carbocycles. The Balaban J connectivity index is 1.60. The summed E-state index contributed by atoms with van der Waals surface area (Å²) in [6, 6.07) is 20.7. The van der Waals surface area contributed by atoms with Gasteiger partial charge in [0.05, 0.1) is 27.4 Å². The van der Waals surface area contributed by atoms with Gasteiger partial charge in [-0.1, -0.05) is 18.2 Å². The number of methoxy groups -OCH3 is 1. The third-order valence-electron chi connectivity index (χ3n) is 4.46. The molecule has 1 aromatic heterocycles. The van der Waals surface area contributed by atoms with E-state index in [1.54, 1.807) is 30.3 Å². The molecule has 0 radical (unpaired) electrons. The monoisotopic (exact) mass is 526 g/mol. The molecule has 0 spiro atoms. The summed E-state index contributed by atoms with van der Waals surface area (Å²) in [5.41, 5.74) is 1.95. The van der Waals surface area contributed by atoms with Gasteiger partial charge in [0, 0.05) is 0 Å². The first-order valence-electron chi connectivity index (χ1n) is 9.25. The van der Waals surface area contributed by atoms with E-state index in [9.17, 15) is 13.7 Å². The Labute approximate surface area is 197 Å². The van der Waals surface area contributed by atoms with Crippen LogP contribution in [-0.2, 0) is 10.1 Å². The molecule has 3 aromatic carbocycles. The molecule has 0 N–H and O–H groups in total. The van der Waals surface area contributed by atoms with Gasteiger partial charge in [-0.3, -0.25) is 0 Å². The summed E-state index contributed by atoms with van der Waals surface area (Å²) in [6.45, 7) is 0. The van der Waals surface area contributed by atoms with Gasteiger partial charge in [0.15, 0.2) is 5.75 Å². The molecular formula is C23H15BrN2O4S2. The average molecular weight is 527 g/mol. The molecule has 1 heterocycles. The number of halogens is 1. The summed E-state index contributed by atoms with van der Waals surface area (Å²) in [7, 11) is -2.52. The number of aromatic nitrogens is 1. The molecule has 0 saturated heterocycles. The van der Waals surface area contributed by atoms with Crippen LogP contribution in [0.25, 0.3) is 21.9 Å². The fourth-order valence-corrected chi connectivity index (χ4v) is 5.34. The minimum atomic E-state index is -4.02. The van der Waals surface area contributed by atoms with E-state index in [0.717, 1.165) is 10.2 Å². The largest absolute Gasteiger partial charge is 0.497 e. The maximum atomic E-state index is 12.6. The zero-order valence-corrected chi connectivity index (χ0v) is 19.9. The Morgan fingerprint density at radius 3 is 2.53 bits per heavy atom. The number of fused-ring (bicyclic) bond motifs is 1. The van der Waals surface area contributed by atoms with E-state index in [1.165, 1.54) is 36.6 Å². The van der Waals surface area contributed by atoms with Crippen molar-refractivity contribution in [2.45, 2.75) is 4.90 Å². The molecule has 0 bridgehead atoms. The van der Waals surface area contributed by atoms with Crippen LogP contribution in [0, 0.1) is 11.3 Å². The summed E-state index contributed by atoms with van der Waals surface area (Å²) >= 11 is 4.79. The quantitative estimate of drug-likeness (QED) is 0.229. The van der Waals surface area contributed by atoms with Gasteiger partial charge in [0.1, 0.15) is 21.7 Å². The van der Waals surface area contributed by atoms with Crippen LogP contribution in [0.5, 0.6) is 11.5 Å². The lowest BCUT2D eigenvalue weighted by Crippen LogP contribution is -2.10. The van der Waals surface area contributed by atoms with Gasteiger partial charge >= 0.3 is 10.1 Å². The minimum Gasteiger partial charge on any atom is -0.497 e. The zero-order valence-electron chi connectivity index (χ0n) is 16.7. The Bertz CT molecular complexity index is 1440. The standard InChI is InChI=1S/C23H15BrN2O4S2/c1-29-17-7-9-18(10-8-17)32(27,28)30-21-11-6-15(13-19(21)24)12-16(14-25)23-26-20-4-2-3-5-22(20)31-23/h2-13H,1H3. The second-order valence-corrected chi connectivity index (χ2v) is 9.99. The van der Waals surface area contributed by atoms with Crippen molar-refractivity contribution in [3.05, 3.63) is 81.8 Å². The molecule has 0 aliphatic rings. The average Bonchev–Trinajstić information content (AvgIpc) is 3.23. The summed E-state index contributed by atoms with van der Waals surface area (Å²) in [5, 5.41) is 10.2. The smallest absolute Gasteiger partial charge is 0.339 e. The van der Waals surface area contributed by atoms with Gasteiger partial charge in [0.2, 0.25) is 0 Å². The van der Waals surface area contributed by atoms with E-state index in [1.807, 2.05) is 24.3 Å². The molecule has 6 nitrogen and oxygen atoms in total. The number of benzene rings is 3. The van der Waals surface area contributed by atoms with Gasteiger partial charge in [-0.25, -0.2) is 4.98 Å². The number of hydrogen-bond acceptors (Lipinski definition) is 7. The fraction of sp³-hybridized carbons (Fsp3) is 0.0435. The molecule has 0 saturated carbocycles. The summed E-state index contributed by atoms with van der Waals surface area (Å²) in [4.78, 5) is 4.53. The Hall–Kier alpha value is -3.19. The topological polar surface area (TPSA) is 89.3 Å². The Morgan fingerprint density at radius 1 is 1.12 bits per heavy atom. The van der Waals surface area contributed by atoms with Crippen molar-refractivity contribution in [3.63, 3.8) is 0 Å². The lowest BCUT2D eigenvalue weighted by atomic mass is 10.1. The molecule has 0 unspecified atom stereocenters. The molecule has 160 valence electrons. The lowest BCUT2D eigenvalue weighted by Gasteiger charge is -2.10. The van der Waals surface area contributed by atoms with Gasteiger partial charge < -0.3 is 8.92 Å². The van der Waals surface area contributed by atoms with Gasteiger partial charge in [-0.2, -0.15) is 13.7 Å². The molecule has 32 heavy (non-hydrogen) atoms. The SMILES string of the molecule is COc1ccc(S(=O)(=O)Oc2ccc(C=C(C#N)c3nc4ccccc4s3)cc2Br)cc1. The Kier molecular flexibility index (Phi) is 6.28. The third-order valence-corrected chi connectivity index (χ3v) is 7.40. The molecule has 0 amide bonds. The van der Waals surface area contributed by atoms with Gasteiger partial charge in [-0.15, -0.1) is 11.3 Å². The summed E-state index contributed by atoms with van der Waals surface area (Å²) in [6.07, 6.45) is 1.70. The highest BCUT2D eigenvalue weighted by Crippen LogP contribution is 2.32. The third kappa shape index (κ3) is 4.67. The van der Waals surface area contributed by atoms with Gasteiger partial charge in [0.25, 0.3) is 0 Å². The van der Waals surface area contributed by atoms with Crippen LogP contribution in [0.1, 0.15) is 10.6 Å². The predicted molar refractivity (Wildman–Crippen MR) is 128 cm³/mol. The number of allylic oxidation sites excluding steroid dienone is 1. The molecule has 4 rings (SSSR count). The predicted octanol–water partition coefficient (Wildman–Crippen LogP) is 5.90. The fourth-order valence-electron chi connectivity index (χ4n) is 2.88. The number of para-hydroxylation sites is 1. The minimum absolute atomic E-state index is 0.0109. The molecule has 0 aliphatic heterocycles. The lowest BCUT2D eigenvalue weighted by molar-refractivity contribution is 0.414. The van der Waals surface area contributed by atoms with Crippen LogP contribution in [0.2, 0.25) is 0 Å². The first kappa shape index (κ1) is 22.0. The number of ether oxygens (including phenoxy) is 1. The second-order valence-electron chi connectivity index (χ2n) is 6.56. The van der Waals surface area contributed by atoms with E-state index in [4.69, 9.17) is 8.92 Å². The summed E-state index contributed by atoms with van der Waals surface area (Å²) < 4.78 is 36.9. The molecule has 0 fully saturated rings. The molecular weight excluding hydrogens is 512 g/mol. The maximum absolute atomic E-state index is 12.6. The van der Waals surface area contributed by atoms with E-state index >= 15 is 0 Å². The normalized spacial score (nSPS) is 11.8. The van der Waals surface area contributed by atoms with Crippen LogP contribution in [0.4, 0.5) is 0 Å². The number of nitrogens with zero attached hydrogens (tertiary/aromatic N) is 2. The van der Waals surface area contributed by atoms with Crippen molar-refractivity contribution in [1.82, 2.24) is 4.98 Å². The van der Waals surface area contributed by atoms with Crippen LogP contribution < -0.4 is 8.92 Å². The van der Waals surface area contributed by atoms with Crippen LogP contribution in [-0.4, -0.2) is 20.5 Å². The highest BCUT2D eigenvalue weighted by atomic mass is 79.9. The van der Waals surface area contributed by atoms with E-state index in [-0.39, 0.29) is 10.6 Å². The second kappa shape index (κ2) is 9.12. The van der Waals surface area contributed by atoms with Crippen LogP contribution >= 0.6 is 27.3 Å². The van der Waals surface area contributed by atoms with Crippen LogP contribution in [0.15, 0.2) is 76.1 Å². The van der Waals surface area contributed by atoms with Gasteiger partial charge in [-0.05, 0) is 76.1 Å². The Morgan fingerprint density at radius 2 is 1.88 bits per heavy atom. The van der Waals surface area contributed by atoms with Crippen LogP contribution in [0.3, 0.4) is 0 Å². The highest BCUT2D eigenvalue weighted by molar-refractivity contribution is 9.10. The number of nitriles is 1. The molecule has 0 atom stereocenters. The van der Waals surface area contributed by atoms with Crippen molar-refractivity contribution in [3.8, 4) is 17.6 Å². The van der Waals surface area contributed by atoms with Crippen molar-refractivity contribution < 1.29 is 17.3 Å². The van der Waals surface area contributed by atoms with Crippen molar-refractivity contribution in [2.75, 3.05) is 7.11 Å². The first-order valence-corrected chi connectivity index (χ1v) is 12.3. The van der Waals surface area contributed by atoms with E-state index in [0.29, 0.717) is 26.4 Å². The number of rotatable bonds is 6. The van der Waals surface area contributed by atoms with Crippen molar-refractivity contribution in [2.24, 2.45) is 0 Å². The number of thiazole rings is 1. The molecule has 4 aromatic rings. The summed E-state index contributed by atoms with van der Waals surface area (Å²) in [5.74, 6) is 0.680. The molecule has 9 heteroatoms. The van der Waals surface area contributed by atoms with E-state index < -0.39 is 10.1 Å². The highest BCUT2D eigenvalue weighted by Gasteiger charge is 2.18.